The maximum absolute atomic E-state index is 12.5. The van der Waals surface area contributed by atoms with Crippen LogP contribution in [0.15, 0.2) is 0 Å². The molecule has 3 rings (SSSR count). The summed E-state index contributed by atoms with van der Waals surface area (Å²) in [7, 11) is 0. The fourth-order valence-corrected chi connectivity index (χ4v) is 4.03. The third-order valence-electron chi connectivity index (χ3n) is 5.65. The van der Waals surface area contributed by atoms with Gasteiger partial charge >= 0.3 is 6.03 Å². The Kier molecular flexibility index (Phi) is 4.93. The maximum atomic E-state index is 12.5. The number of piperidine rings is 1. The largest absolute Gasteiger partial charge is 0.347 e. The third-order valence-corrected chi connectivity index (χ3v) is 5.65. The monoisotopic (exact) mass is 310 g/mol. The van der Waals surface area contributed by atoms with Crippen molar-refractivity contribution in [1.82, 2.24) is 10.2 Å². The van der Waals surface area contributed by atoms with Gasteiger partial charge < -0.3 is 19.7 Å². The molecule has 0 spiro atoms. The molecule has 126 valence electrons. The van der Waals surface area contributed by atoms with Gasteiger partial charge in [0.2, 0.25) is 0 Å². The molecule has 0 aromatic carbocycles. The average Bonchev–Trinajstić information content (AvgIpc) is 2.98. The molecular weight excluding hydrogens is 280 g/mol. The summed E-state index contributed by atoms with van der Waals surface area (Å²) in [6.07, 6.45) is 6.80. The van der Waals surface area contributed by atoms with Crippen LogP contribution in [0.4, 0.5) is 4.79 Å². The van der Waals surface area contributed by atoms with Crippen molar-refractivity contribution in [2.24, 2.45) is 11.8 Å². The Bertz CT molecular complexity index is 387. The van der Waals surface area contributed by atoms with Gasteiger partial charge in [0.25, 0.3) is 0 Å². The van der Waals surface area contributed by atoms with Crippen LogP contribution >= 0.6 is 0 Å². The lowest BCUT2D eigenvalue weighted by atomic mass is 9.87. The summed E-state index contributed by atoms with van der Waals surface area (Å²) in [6, 6.07) is 0.462. The number of nitrogens with zero attached hydrogens (tertiary/aromatic N) is 1. The smallest absolute Gasteiger partial charge is 0.317 e. The van der Waals surface area contributed by atoms with E-state index in [0.29, 0.717) is 19.3 Å². The third kappa shape index (κ3) is 3.57. The van der Waals surface area contributed by atoms with E-state index in [-0.39, 0.29) is 11.9 Å². The zero-order valence-electron chi connectivity index (χ0n) is 14.0. The first-order chi connectivity index (χ1) is 10.6. The highest BCUT2D eigenvalue weighted by molar-refractivity contribution is 5.74. The highest BCUT2D eigenvalue weighted by atomic mass is 16.7. The van der Waals surface area contributed by atoms with Crippen molar-refractivity contribution >= 4 is 6.03 Å². The predicted molar refractivity (Wildman–Crippen MR) is 84.6 cm³/mol. The molecule has 3 fully saturated rings. The Hall–Kier alpha value is -0.810. The van der Waals surface area contributed by atoms with Crippen LogP contribution in [0.3, 0.4) is 0 Å². The molecule has 1 N–H and O–H groups in total. The quantitative estimate of drug-likeness (QED) is 0.853. The van der Waals surface area contributed by atoms with E-state index in [4.69, 9.17) is 9.47 Å². The molecule has 5 heteroatoms. The molecule has 0 unspecified atom stereocenters. The molecule has 3 aliphatic rings. The topological polar surface area (TPSA) is 50.8 Å². The van der Waals surface area contributed by atoms with Crippen molar-refractivity contribution < 1.29 is 14.3 Å². The molecule has 2 aliphatic heterocycles. The zero-order chi connectivity index (χ0) is 15.6. The summed E-state index contributed by atoms with van der Waals surface area (Å²) < 4.78 is 11.6. The molecule has 1 aliphatic carbocycles. The lowest BCUT2D eigenvalue weighted by Gasteiger charge is -2.40. The van der Waals surface area contributed by atoms with E-state index in [9.17, 15) is 4.79 Å². The Morgan fingerprint density at radius 3 is 2.50 bits per heavy atom. The van der Waals surface area contributed by atoms with Crippen molar-refractivity contribution in [2.75, 3.05) is 26.3 Å². The van der Waals surface area contributed by atoms with Crippen molar-refractivity contribution in [1.29, 1.82) is 0 Å². The number of hydrogen-bond donors (Lipinski definition) is 1. The van der Waals surface area contributed by atoms with Crippen molar-refractivity contribution in [3.05, 3.63) is 0 Å². The Labute approximate surface area is 133 Å². The van der Waals surface area contributed by atoms with Gasteiger partial charge in [-0.1, -0.05) is 6.92 Å². The number of carbonyl (C=O) groups is 1. The van der Waals surface area contributed by atoms with Gasteiger partial charge in [-0.3, -0.25) is 0 Å². The van der Waals surface area contributed by atoms with E-state index >= 15 is 0 Å². The first-order valence-corrected chi connectivity index (χ1v) is 8.90. The Morgan fingerprint density at radius 2 is 1.82 bits per heavy atom. The molecule has 1 saturated carbocycles. The number of rotatable bonds is 2. The van der Waals surface area contributed by atoms with E-state index in [0.717, 1.165) is 44.7 Å². The molecular formula is C17H30N2O3. The number of ether oxygens (including phenoxy) is 2. The van der Waals surface area contributed by atoms with Crippen LogP contribution in [0, 0.1) is 11.8 Å². The van der Waals surface area contributed by atoms with Gasteiger partial charge in [0.1, 0.15) is 0 Å². The summed E-state index contributed by atoms with van der Waals surface area (Å²) in [5, 5.41) is 3.24. The van der Waals surface area contributed by atoms with Crippen LogP contribution in [0.2, 0.25) is 0 Å². The summed E-state index contributed by atoms with van der Waals surface area (Å²) in [5.41, 5.74) is 0. The standard InChI is InChI=1S/C17H30N2O3/c1-13-5-7-15(8-6-13)18-16(20)19-9-3-4-14(12-19)17(2)21-10-11-22-17/h13-15H,3-12H2,1-2H3,(H,18,20)/t13?,14-,15?/m0/s1. The SMILES string of the molecule is CC1CCC(NC(=O)N2CCC[C@H](C3(C)OCCO3)C2)CC1. The molecule has 0 aromatic heterocycles. The van der Waals surface area contributed by atoms with Crippen molar-refractivity contribution in [3.8, 4) is 0 Å². The minimum absolute atomic E-state index is 0.103. The average molecular weight is 310 g/mol. The molecule has 0 aromatic rings. The van der Waals surface area contributed by atoms with Crippen molar-refractivity contribution in [2.45, 2.75) is 64.2 Å². The highest BCUT2D eigenvalue weighted by Gasteiger charge is 2.42. The molecule has 22 heavy (non-hydrogen) atoms. The molecule has 2 amide bonds. The fraction of sp³-hybridized carbons (Fsp3) is 0.941. The second-order valence-corrected chi connectivity index (χ2v) is 7.40. The number of amides is 2. The van der Waals surface area contributed by atoms with Crippen LogP contribution in [-0.2, 0) is 9.47 Å². The van der Waals surface area contributed by atoms with Crippen molar-refractivity contribution in [3.63, 3.8) is 0 Å². The number of urea groups is 1. The van der Waals surface area contributed by atoms with Gasteiger partial charge in [-0.25, -0.2) is 4.79 Å². The molecule has 5 nitrogen and oxygen atoms in total. The van der Waals surface area contributed by atoms with Crippen LogP contribution in [0.1, 0.15) is 52.4 Å². The number of nitrogens with one attached hydrogen (secondary N) is 1. The summed E-state index contributed by atoms with van der Waals surface area (Å²) in [6.45, 7) is 7.25. The first kappa shape index (κ1) is 16.1. The first-order valence-electron chi connectivity index (χ1n) is 8.90. The molecule has 2 saturated heterocycles. The van der Waals surface area contributed by atoms with Gasteiger partial charge in [-0.2, -0.15) is 0 Å². The molecule has 1 atom stereocenters. The Balaban J connectivity index is 1.52. The molecule has 2 heterocycles. The van der Waals surface area contributed by atoms with Gasteiger partial charge in [0.15, 0.2) is 5.79 Å². The van der Waals surface area contributed by atoms with Gasteiger partial charge in [-0.05, 0) is 51.4 Å². The maximum Gasteiger partial charge on any atom is 0.317 e. The summed E-state index contributed by atoms with van der Waals surface area (Å²) in [4.78, 5) is 14.5. The van der Waals surface area contributed by atoms with Gasteiger partial charge in [0.05, 0.1) is 13.2 Å². The molecule has 0 bridgehead atoms. The van der Waals surface area contributed by atoms with Crippen LogP contribution < -0.4 is 5.32 Å². The van der Waals surface area contributed by atoms with Crippen LogP contribution in [0.25, 0.3) is 0 Å². The van der Waals surface area contributed by atoms with E-state index < -0.39 is 5.79 Å². The molecule has 0 radical (unpaired) electrons. The number of hydrogen-bond acceptors (Lipinski definition) is 3. The zero-order valence-corrected chi connectivity index (χ0v) is 14.0. The minimum atomic E-state index is -0.501. The normalized spacial score (nSPS) is 35.4. The van der Waals surface area contributed by atoms with Crippen LogP contribution in [0.5, 0.6) is 0 Å². The second kappa shape index (κ2) is 6.75. The summed E-state index contributed by atoms with van der Waals surface area (Å²) >= 11 is 0. The lowest BCUT2D eigenvalue weighted by Crippen LogP contribution is -2.53. The van der Waals surface area contributed by atoms with Crippen LogP contribution in [-0.4, -0.2) is 49.1 Å². The van der Waals surface area contributed by atoms with Gasteiger partial charge in [0, 0.05) is 25.0 Å². The summed E-state index contributed by atoms with van der Waals surface area (Å²) in [5.74, 6) is 0.587. The second-order valence-electron chi connectivity index (χ2n) is 7.40. The van der Waals surface area contributed by atoms with E-state index in [1.807, 2.05) is 11.8 Å². The van der Waals surface area contributed by atoms with E-state index in [1.165, 1.54) is 12.8 Å². The predicted octanol–water partition coefficient (Wildman–Crippen LogP) is 2.75. The Morgan fingerprint density at radius 1 is 1.14 bits per heavy atom. The van der Waals surface area contributed by atoms with Gasteiger partial charge in [-0.15, -0.1) is 0 Å². The van der Waals surface area contributed by atoms with E-state index in [1.54, 1.807) is 0 Å². The minimum Gasteiger partial charge on any atom is -0.347 e. The highest BCUT2D eigenvalue weighted by Crippen LogP contribution is 2.34. The fourth-order valence-electron chi connectivity index (χ4n) is 4.03. The number of carbonyl (C=O) groups excluding carboxylic acids is 1. The number of likely N-dealkylation sites (tertiary alicyclic amines) is 1. The van der Waals surface area contributed by atoms with E-state index in [2.05, 4.69) is 12.2 Å². The lowest BCUT2D eigenvalue weighted by molar-refractivity contribution is -0.189.